The van der Waals surface area contributed by atoms with Crippen molar-refractivity contribution in [1.29, 1.82) is 0 Å². The standard InChI is InChI=1S/C23H31BF3N7O3/c1-15(23(25,26)27)32-19(35)17-10-30-18(11-29-17)33-13-22(14-33,7-8-28-6)34-12-16(9-31-34)24-36-20(2,3)21(4,5)37-24/h8-12,15H,7,13-14H2,1-6H3,(H,32,35)/t15-/m0/s1. The Balaban J connectivity index is 1.45. The van der Waals surface area contributed by atoms with E-state index in [1.165, 1.54) is 12.4 Å². The summed E-state index contributed by atoms with van der Waals surface area (Å²) in [7, 11) is 1.18. The average Bonchev–Trinajstić information content (AvgIpc) is 3.35. The number of nitrogens with one attached hydrogen (secondary N) is 1. The summed E-state index contributed by atoms with van der Waals surface area (Å²) in [4.78, 5) is 26.4. The summed E-state index contributed by atoms with van der Waals surface area (Å²) in [5.41, 5.74) is -0.712. The second-order valence-corrected chi connectivity index (χ2v) is 10.5. The van der Waals surface area contributed by atoms with E-state index in [9.17, 15) is 18.0 Å². The Kier molecular flexibility index (Phi) is 6.86. The smallest absolute Gasteiger partial charge is 0.399 e. The number of carbonyl (C=O) groups excluding carboxylic acids is 1. The average molecular weight is 521 g/mol. The minimum absolute atomic E-state index is 0.191. The van der Waals surface area contributed by atoms with Gasteiger partial charge in [0.15, 0.2) is 0 Å². The molecule has 0 aliphatic carbocycles. The van der Waals surface area contributed by atoms with Crippen LogP contribution in [0, 0.1) is 0 Å². The van der Waals surface area contributed by atoms with Crippen LogP contribution in [0.4, 0.5) is 19.0 Å². The number of amides is 1. The Morgan fingerprint density at radius 2 is 1.84 bits per heavy atom. The summed E-state index contributed by atoms with van der Waals surface area (Å²) < 4.78 is 52.3. The van der Waals surface area contributed by atoms with Gasteiger partial charge in [-0.25, -0.2) is 9.97 Å². The van der Waals surface area contributed by atoms with Crippen LogP contribution in [0.1, 0.15) is 51.5 Å². The van der Waals surface area contributed by atoms with Gasteiger partial charge in [-0.05, 0) is 34.6 Å². The van der Waals surface area contributed by atoms with Crippen molar-refractivity contribution in [2.75, 3.05) is 25.0 Å². The molecule has 1 atom stereocenters. The molecule has 0 saturated carbocycles. The zero-order chi connectivity index (χ0) is 27.2. The third-order valence-electron chi connectivity index (χ3n) is 7.27. The molecule has 1 N–H and O–H groups in total. The van der Waals surface area contributed by atoms with Crippen LogP contribution in [0.5, 0.6) is 0 Å². The van der Waals surface area contributed by atoms with Crippen LogP contribution >= 0.6 is 0 Å². The molecule has 4 rings (SSSR count). The summed E-state index contributed by atoms with van der Waals surface area (Å²) in [5, 5.41) is 6.48. The van der Waals surface area contributed by atoms with Gasteiger partial charge in [-0.2, -0.15) is 18.3 Å². The molecule has 2 aromatic heterocycles. The second-order valence-electron chi connectivity index (χ2n) is 10.5. The van der Waals surface area contributed by atoms with Gasteiger partial charge in [-0.15, -0.1) is 0 Å². The molecule has 2 aliphatic heterocycles. The van der Waals surface area contributed by atoms with Crippen LogP contribution in [-0.4, -0.2) is 82.5 Å². The first-order valence-corrected chi connectivity index (χ1v) is 11.9. The number of nitrogens with zero attached hydrogens (tertiary/aromatic N) is 6. The number of hydrogen-bond acceptors (Lipinski definition) is 8. The molecule has 14 heteroatoms. The lowest BCUT2D eigenvalue weighted by Crippen LogP contribution is -2.63. The topological polar surface area (TPSA) is 107 Å². The van der Waals surface area contributed by atoms with E-state index in [0.29, 0.717) is 25.3 Å². The van der Waals surface area contributed by atoms with Gasteiger partial charge in [0.25, 0.3) is 5.91 Å². The minimum Gasteiger partial charge on any atom is -0.399 e. The maximum Gasteiger partial charge on any atom is 0.498 e. The molecule has 37 heavy (non-hydrogen) atoms. The van der Waals surface area contributed by atoms with Gasteiger partial charge in [-0.1, -0.05) is 0 Å². The number of alkyl halides is 3. The third-order valence-corrected chi connectivity index (χ3v) is 7.27. The van der Waals surface area contributed by atoms with Gasteiger partial charge in [0.05, 0.1) is 23.6 Å². The van der Waals surface area contributed by atoms with E-state index in [2.05, 4.69) is 20.1 Å². The van der Waals surface area contributed by atoms with E-state index in [4.69, 9.17) is 9.31 Å². The highest BCUT2D eigenvalue weighted by Gasteiger charge is 2.53. The molecular formula is C23H31BF3N7O3. The summed E-state index contributed by atoms with van der Waals surface area (Å²) >= 11 is 0. The first-order valence-electron chi connectivity index (χ1n) is 11.9. The molecule has 200 valence electrons. The molecule has 0 radical (unpaired) electrons. The van der Waals surface area contributed by atoms with Crippen molar-refractivity contribution in [2.24, 2.45) is 4.99 Å². The van der Waals surface area contributed by atoms with Crippen LogP contribution in [0.15, 0.2) is 29.8 Å². The number of hydrogen-bond donors (Lipinski definition) is 1. The highest BCUT2D eigenvalue weighted by atomic mass is 19.4. The second kappa shape index (κ2) is 9.39. The maximum absolute atomic E-state index is 12.7. The van der Waals surface area contributed by atoms with Crippen molar-refractivity contribution in [1.82, 2.24) is 25.1 Å². The Bertz CT molecular complexity index is 1150. The Morgan fingerprint density at radius 3 is 2.38 bits per heavy atom. The third kappa shape index (κ3) is 5.21. The lowest BCUT2D eigenvalue weighted by Gasteiger charge is -2.50. The monoisotopic (exact) mass is 521 g/mol. The molecule has 0 bridgehead atoms. The fourth-order valence-electron chi connectivity index (χ4n) is 4.11. The molecule has 0 aromatic carbocycles. The summed E-state index contributed by atoms with van der Waals surface area (Å²) in [6.45, 7) is 9.91. The van der Waals surface area contributed by atoms with Gasteiger partial charge in [0.1, 0.15) is 23.1 Å². The largest absolute Gasteiger partial charge is 0.498 e. The van der Waals surface area contributed by atoms with Crippen LogP contribution in [-0.2, 0) is 14.8 Å². The summed E-state index contributed by atoms with van der Waals surface area (Å²) in [6, 6.07) is -1.99. The Hall–Kier alpha value is -3.00. The summed E-state index contributed by atoms with van der Waals surface area (Å²) in [6.07, 6.45) is 4.12. The van der Waals surface area contributed by atoms with Crippen LogP contribution in [0.25, 0.3) is 0 Å². The number of aromatic nitrogens is 4. The highest BCUT2D eigenvalue weighted by Crippen LogP contribution is 2.37. The van der Waals surface area contributed by atoms with E-state index in [0.717, 1.165) is 12.4 Å². The molecule has 2 fully saturated rings. The molecule has 2 aliphatic rings. The van der Waals surface area contributed by atoms with Gasteiger partial charge < -0.3 is 24.5 Å². The Labute approximate surface area is 213 Å². The molecule has 4 heterocycles. The van der Waals surface area contributed by atoms with E-state index < -0.39 is 42.0 Å². The number of aliphatic imine (C=N–C) groups is 1. The normalized spacial score (nSPS) is 21.2. The van der Waals surface area contributed by atoms with Crippen molar-refractivity contribution >= 4 is 30.5 Å². The molecular weight excluding hydrogens is 490 g/mol. The van der Waals surface area contributed by atoms with Crippen LogP contribution in [0.3, 0.4) is 0 Å². The number of rotatable bonds is 7. The van der Waals surface area contributed by atoms with E-state index >= 15 is 0 Å². The molecule has 0 unspecified atom stereocenters. The van der Waals surface area contributed by atoms with Gasteiger partial charge in [-0.3, -0.25) is 9.48 Å². The minimum atomic E-state index is -4.54. The molecule has 10 nitrogen and oxygen atoms in total. The number of halogens is 3. The fourth-order valence-corrected chi connectivity index (χ4v) is 4.11. The Morgan fingerprint density at radius 1 is 1.19 bits per heavy atom. The van der Waals surface area contributed by atoms with Crippen molar-refractivity contribution < 1.29 is 27.3 Å². The van der Waals surface area contributed by atoms with E-state index in [1.54, 1.807) is 13.2 Å². The predicted molar refractivity (Wildman–Crippen MR) is 132 cm³/mol. The van der Waals surface area contributed by atoms with Crippen molar-refractivity contribution in [3.63, 3.8) is 0 Å². The van der Waals surface area contributed by atoms with Crippen molar-refractivity contribution in [2.45, 2.75) is 70.0 Å². The number of carbonyl (C=O) groups is 1. The fraction of sp³-hybridized carbons (Fsp3) is 0.609. The predicted octanol–water partition coefficient (Wildman–Crippen LogP) is 1.96. The quantitative estimate of drug-likeness (QED) is 0.439. The summed E-state index contributed by atoms with van der Waals surface area (Å²) in [5.74, 6) is -0.435. The zero-order valence-corrected chi connectivity index (χ0v) is 21.7. The first kappa shape index (κ1) is 27.1. The lowest BCUT2D eigenvalue weighted by atomic mass is 9.81. The molecule has 0 spiro atoms. The maximum atomic E-state index is 12.7. The SMILES string of the molecule is CN=CCC1(n2cc(B3OC(C)(C)C(C)(C)O3)cn2)CN(c2cnc(C(=O)N[C@@H](C)C(F)(F)F)cn2)C1. The highest BCUT2D eigenvalue weighted by molar-refractivity contribution is 6.62. The first-order chi connectivity index (χ1) is 17.2. The van der Waals surface area contributed by atoms with Crippen molar-refractivity contribution in [3.05, 3.63) is 30.5 Å². The van der Waals surface area contributed by atoms with Crippen LogP contribution in [0.2, 0.25) is 0 Å². The van der Waals surface area contributed by atoms with Gasteiger partial charge in [0.2, 0.25) is 0 Å². The lowest BCUT2D eigenvalue weighted by molar-refractivity contribution is -0.149. The van der Waals surface area contributed by atoms with Crippen molar-refractivity contribution in [3.8, 4) is 0 Å². The van der Waals surface area contributed by atoms with E-state index in [1.807, 2.05) is 55.0 Å². The van der Waals surface area contributed by atoms with Gasteiger partial charge in [0, 0.05) is 50.6 Å². The molecule has 1 amide bonds. The zero-order valence-electron chi connectivity index (χ0n) is 21.7. The number of anilines is 1. The molecule has 2 aromatic rings. The van der Waals surface area contributed by atoms with Gasteiger partial charge >= 0.3 is 13.3 Å². The molecule has 2 saturated heterocycles. The van der Waals surface area contributed by atoms with Crippen LogP contribution < -0.4 is 15.7 Å². The van der Waals surface area contributed by atoms with E-state index in [-0.39, 0.29) is 5.69 Å².